The van der Waals surface area contributed by atoms with Gasteiger partial charge < -0.3 is 0 Å². The Hall–Kier alpha value is -4.84. The van der Waals surface area contributed by atoms with E-state index >= 15 is 0 Å². The van der Waals surface area contributed by atoms with Crippen molar-refractivity contribution in [2.75, 3.05) is 9.80 Å². The lowest BCUT2D eigenvalue weighted by atomic mass is 10.1. The molecule has 0 saturated carbocycles. The van der Waals surface area contributed by atoms with Crippen LogP contribution in [0.25, 0.3) is 0 Å². The first kappa shape index (κ1) is 19.8. The summed E-state index contributed by atoms with van der Waals surface area (Å²) in [7, 11) is 0. The fourth-order valence-electron chi connectivity index (χ4n) is 4.36. The van der Waals surface area contributed by atoms with Gasteiger partial charge in [0.2, 0.25) is 0 Å². The second kappa shape index (κ2) is 7.94. The Morgan fingerprint density at radius 1 is 0.441 bits per heavy atom. The summed E-state index contributed by atoms with van der Waals surface area (Å²) in [6, 6.07) is 33.7. The average molecular weight is 442 g/mol. The van der Waals surface area contributed by atoms with Gasteiger partial charge >= 0.3 is 0 Å². The normalized spacial score (nSPS) is 16.9. The van der Waals surface area contributed by atoms with Crippen molar-refractivity contribution in [1.29, 1.82) is 0 Å². The summed E-state index contributed by atoms with van der Waals surface area (Å²) in [5, 5.41) is 8.69. The Morgan fingerprint density at radius 3 is 1.21 bits per heavy atom. The standard InChI is InChI=1S/C28H18N4O2/c33-27-25(21-15-7-9-17-23(21)31(27)19-11-3-1-4-12-19)29-30-26-22-16-8-10-18-24(22)32(28(26)34)20-13-5-2-6-14-20/h1-18H. The topological polar surface area (TPSA) is 65.3 Å². The molecule has 0 fully saturated rings. The molecular formula is C28H18N4O2. The van der Waals surface area contributed by atoms with Crippen molar-refractivity contribution in [2.45, 2.75) is 0 Å². The summed E-state index contributed by atoms with van der Waals surface area (Å²) in [4.78, 5) is 30.1. The summed E-state index contributed by atoms with van der Waals surface area (Å²) in [6.07, 6.45) is 0. The van der Waals surface area contributed by atoms with Gasteiger partial charge in [0.15, 0.2) is 11.4 Å². The summed E-state index contributed by atoms with van der Waals surface area (Å²) < 4.78 is 0. The Balaban J connectivity index is 1.46. The van der Waals surface area contributed by atoms with Crippen LogP contribution in [0.1, 0.15) is 11.1 Å². The van der Waals surface area contributed by atoms with Crippen molar-refractivity contribution in [3.05, 3.63) is 120 Å². The molecule has 0 bridgehead atoms. The van der Waals surface area contributed by atoms with Crippen LogP contribution in [0, 0.1) is 0 Å². The second-order valence-electron chi connectivity index (χ2n) is 7.88. The fourth-order valence-corrected chi connectivity index (χ4v) is 4.36. The van der Waals surface area contributed by atoms with E-state index in [0.717, 1.165) is 22.7 Å². The van der Waals surface area contributed by atoms with E-state index in [0.29, 0.717) is 11.1 Å². The molecule has 6 nitrogen and oxygen atoms in total. The summed E-state index contributed by atoms with van der Waals surface area (Å²) in [6.45, 7) is 0. The van der Waals surface area contributed by atoms with Crippen LogP contribution in [0.15, 0.2) is 119 Å². The van der Waals surface area contributed by atoms with E-state index in [1.54, 1.807) is 9.80 Å². The smallest absolute Gasteiger partial charge is 0.275 e. The van der Waals surface area contributed by atoms with Gasteiger partial charge in [0, 0.05) is 22.5 Å². The number of nitrogens with zero attached hydrogens (tertiary/aromatic N) is 4. The van der Waals surface area contributed by atoms with Crippen LogP contribution in [-0.2, 0) is 9.59 Å². The van der Waals surface area contributed by atoms with E-state index in [2.05, 4.69) is 10.2 Å². The van der Waals surface area contributed by atoms with Gasteiger partial charge in [-0.15, -0.1) is 10.2 Å². The first-order chi connectivity index (χ1) is 16.7. The third-order valence-electron chi connectivity index (χ3n) is 5.89. The lowest BCUT2D eigenvalue weighted by molar-refractivity contribution is -0.112. The molecule has 162 valence electrons. The van der Waals surface area contributed by atoms with Gasteiger partial charge in [-0.1, -0.05) is 72.8 Å². The molecule has 0 aliphatic carbocycles. The van der Waals surface area contributed by atoms with Gasteiger partial charge in [-0.2, -0.15) is 0 Å². The highest BCUT2D eigenvalue weighted by molar-refractivity contribution is 6.57. The number of carbonyl (C=O) groups is 2. The Morgan fingerprint density at radius 2 is 0.794 bits per heavy atom. The van der Waals surface area contributed by atoms with Gasteiger partial charge in [0.25, 0.3) is 11.8 Å². The molecule has 0 spiro atoms. The third kappa shape index (κ3) is 3.04. The van der Waals surface area contributed by atoms with Gasteiger partial charge in [-0.25, -0.2) is 0 Å². The molecule has 0 unspecified atom stereocenters. The minimum absolute atomic E-state index is 0.204. The molecule has 0 radical (unpaired) electrons. The molecule has 2 heterocycles. The fraction of sp³-hybridized carbons (Fsp3) is 0. The maximum Gasteiger partial charge on any atom is 0.284 e. The van der Waals surface area contributed by atoms with E-state index in [-0.39, 0.29) is 23.2 Å². The molecule has 2 amide bonds. The van der Waals surface area contributed by atoms with Crippen LogP contribution in [0.5, 0.6) is 0 Å². The van der Waals surface area contributed by atoms with Crippen LogP contribution in [-0.4, -0.2) is 23.2 Å². The van der Waals surface area contributed by atoms with Gasteiger partial charge in [0.05, 0.1) is 11.4 Å². The van der Waals surface area contributed by atoms with Crippen molar-refractivity contribution in [1.82, 2.24) is 0 Å². The highest BCUT2D eigenvalue weighted by atomic mass is 16.2. The Bertz CT molecular complexity index is 1380. The molecule has 2 aliphatic heterocycles. The number of amides is 2. The molecule has 6 rings (SSSR count). The number of hydrogen-bond acceptors (Lipinski definition) is 4. The zero-order valence-electron chi connectivity index (χ0n) is 18.0. The molecule has 2 aliphatic rings. The number of carbonyl (C=O) groups excluding carboxylic acids is 2. The van der Waals surface area contributed by atoms with Crippen LogP contribution in [0.4, 0.5) is 22.7 Å². The molecular weight excluding hydrogens is 424 g/mol. The number of fused-ring (bicyclic) bond motifs is 2. The molecule has 34 heavy (non-hydrogen) atoms. The first-order valence-electron chi connectivity index (χ1n) is 10.9. The lowest BCUT2D eigenvalue weighted by Crippen LogP contribution is -2.26. The highest BCUT2D eigenvalue weighted by Crippen LogP contribution is 2.37. The van der Waals surface area contributed by atoms with E-state index in [1.165, 1.54) is 0 Å². The largest absolute Gasteiger partial charge is 0.284 e. The number of benzene rings is 4. The molecule has 0 saturated heterocycles. The lowest BCUT2D eigenvalue weighted by Gasteiger charge is -2.16. The molecule has 6 heteroatoms. The number of para-hydroxylation sites is 4. The SMILES string of the molecule is O=C1C(=NN=C2C(=O)N(c3ccccc3)c3ccccc32)c2ccccc2N1c1ccccc1. The second-order valence-corrected chi connectivity index (χ2v) is 7.88. The molecule has 4 aromatic rings. The Kier molecular flexibility index (Phi) is 4.63. The number of rotatable bonds is 3. The quantitative estimate of drug-likeness (QED) is 0.408. The van der Waals surface area contributed by atoms with Crippen molar-refractivity contribution < 1.29 is 9.59 Å². The van der Waals surface area contributed by atoms with Crippen LogP contribution in [0.2, 0.25) is 0 Å². The van der Waals surface area contributed by atoms with Crippen molar-refractivity contribution in [3.63, 3.8) is 0 Å². The highest BCUT2D eigenvalue weighted by Gasteiger charge is 2.37. The monoisotopic (exact) mass is 442 g/mol. The number of anilines is 4. The van der Waals surface area contributed by atoms with Crippen LogP contribution in [0.3, 0.4) is 0 Å². The van der Waals surface area contributed by atoms with Gasteiger partial charge in [-0.3, -0.25) is 19.4 Å². The summed E-state index contributed by atoms with van der Waals surface area (Å²) in [5.74, 6) is -0.564. The van der Waals surface area contributed by atoms with E-state index in [4.69, 9.17) is 0 Å². The number of hydrogen-bond donors (Lipinski definition) is 0. The zero-order chi connectivity index (χ0) is 23.1. The van der Waals surface area contributed by atoms with E-state index < -0.39 is 0 Å². The third-order valence-corrected chi connectivity index (χ3v) is 5.89. The Labute approximate surface area is 196 Å². The maximum absolute atomic E-state index is 13.4. The van der Waals surface area contributed by atoms with E-state index in [1.807, 2.05) is 109 Å². The predicted octanol–water partition coefficient (Wildman–Crippen LogP) is 5.24. The van der Waals surface area contributed by atoms with E-state index in [9.17, 15) is 9.59 Å². The predicted molar refractivity (Wildman–Crippen MR) is 133 cm³/mol. The summed E-state index contributed by atoms with van der Waals surface area (Å²) in [5.41, 5.74) is 4.73. The molecule has 0 N–H and O–H groups in total. The van der Waals surface area contributed by atoms with Crippen molar-refractivity contribution >= 4 is 46.0 Å². The van der Waals surface area contributed by atoms with Crippen molar-refractivity contribution in [3.8, 4) is 0 Å². The molecule has 0 atom stereocenters. The van der Waals surface area contributed by atoms with Gasteiger partial charge in [0.1, 0.15) is 0 Å². The zero-order valence-corrected chi connectivity index (χ0v) is 18.0. The van der Waals surface area contributed by atoms with Crippen LogP contribution < -0.4 is 9.80 Å². The average Bonchev–Trinajstić information content (AvgIpc) is 3.33. The van der Waals surface area contributed by atoms with Crippen LogP contribution >= 0.6 is 0 Å². The van der Waals surface area contributed by atoms with Gasteiger partial charge in [-0.05, 0) is 36.4 Å². The molecule has 0 aromatic heterocycles. The maximum atomic E-state index is 13.4. The minimum Gasteiger partial charge on any atom is -0.275 e. The van der Waals surface area contributed by atoms with Crippen molar-refractivity contribution in [2.24, 2.45) is 10.2 Å². The minimum atomic E-state index is -0.282. The summed E-state index contributed by atoms with van der Waals surface area (Å²) >= 11 is 0. The first-order valence-corrected chi connectivity index (χ1v) is 10.9. The molecule has 4 aromatic carbocycles.